The van der Waals surface area contributed by atoms with Gasteiger partial charge in [0.25, 0.3) is 0 Å². The number of aliphatic imine (C=N–C) groups is 1. The molecule has 1 heterocycles. The zero-order chi connectivity index (χ0) is 18.6. The first-order valence-corrected chi connectivity index (χ1v) is 10.3. The summed E-state index contributed by atoms with van der Waals surface area (Å²) in [5.41, 5.74) is 0. The number of guanidine groups is 1. The van der Waals surface area contributed by atoms with Crippen molar-refractivity contribution in [1.29, 1.82) is 0 Å². The molecule has 0 bridgehead atoms. The molecular formula is C19H37N5O2. The van der Waals surface area contributed by atoms with E-state index in [1.807, 2.05) is 6.92 Å². The van der Waals surface area contributed by atoms with Gasteiger partial charge in [-0.2, -0.15) is 0 Å². The van der Waals surface area contributed by atoms with Gasteiger partial charge in [-0.15, -0.1) is 0 Å². The highest BCUT2D eigenvalue weighted by Gasteiger charge is 2.26. The highest BCUT2D eigenvalue weighted by Crippen LogP contribution is 2.25. The number of amides is 1. The van der Waals surface area contributed by atoms with Crippen LogP contribution in [0, 0.1) is 0 Å². The minimum Gasteiger partial charge on any atom is -0.383 e. The van der Waals surface area contributed by atoms with Crippen molar-refractivity contribution < 1.29 is 9.53 Å². The van der Waals surface area contributed by atoms with Gasteiger partial charge in [0, 0.05) is 45.4 Å². The van der Waals surface area contributed by atoms with Crippen LogP contribution in [0.5, 0.6) is 0 Å². The molecule has 0 aromatic rings. The third-order valence-corrected chi connectivity index (χ3v) is 5.31. The maximum Gasteiger partial charge on any atom is 0.241 e. The standard InChI is InChI=1S/C19H37N5O2/c1-3-20-19(22-15-18(25)21-11-14-26-2)23-16-9-12-24(13-10-16)17-7-5-4-6-8-17/h16-17H,3-15H2,1-2H3,(H,21,25)(H2,20,22,23). The molecular weight excluding hydrogens is 330 g/mol. The Morgan fingerprint density at radius 3 is 2.50 bits per heavy atom. The van der Waals surface area contributed by atoms with E-state index in [0.717, 1.165) is 31.4 Å². The number of rotatable bonds is 8. The molecule has 1 aliphatic carbocycles. The zero-order valence-electron chi connectivity index (χ0n) is 16.6. The number of ether oxygens (including phenoxy) is 1. The van der Waals surface area contributed by atoms with E-state index in [4.69, 9.17) is 4.74 Å². The Morgan fingerprint density at radius 1 is 1.12 bits per heavy atom. The molecule has 0 aromatic carbocycles. The van der Waals surface area contributed by atoms with Gasteiger partial charge in [-0.1, -0.05) is 19.3 Å². The highest BCUT2D eigenvalue weighted by molar-refractivity contribution is 5.85. The molecule has 26 heavy (non-hydrogen) atoms. The summed E-state index contributed by atoms with van der Waals surface area (Å²) in [6.45, 7) is 6.35. The number of nitrogens with zero attached hydrogens (tertiary/aromatic N) is 2. The van der Waals surface area contributed by atoms with Crippen molar-refractivity contribution in [3.8, 4) is 0 Å². The van der Waals surface area contributed by atoms with Crippen molar-refractivity contribution in [3.63, 3.8) is 0 Å². The lowest BCUT2D eigenvalue weighted by Crippen LogP contribution is -2.51. The lowest BCUT2D eigenvalue weighted by atomic mass is 9.92. The fourth-order valence-electron chi connectivity index (χ4n) is 3.87. The van der Waals surface area contributed by atoms with Gasteiger partial charge in [-0.25, -0.2) is 4.99 Å². The number of likely N-dealkylation sites (tertiary alicyclic amines) is 1. The van der Waals surface area contributed by atoms with E-state index in [9.17, 15) is 4.79 Å². The Morgan fingerprint density at radius 2 is 1.85 bits per heavy atom. The van der Waals surface area contributed by atoms with Crippen LogP contribution in [0.1, 0.15) is 51.9 Å². The molecule has 7 nitrogen and oxygen atoms in total. The van der Waals surface area contributed by atoms with Gasteiger partial charge >= 0.3 is 0 Å². The molecule has 2 fully saturated rings. The second-order valence-electron chi connectivity index (χ2n) is 7.28. The average molecular weight is 368 g/mol. The summed E-state index contributed by atoms with van der Waals surface area (Å²) in [5, 5.41) is 9.55. The van der Waals surface area contributed by atoms with Gasteiger partial charge in [0.05, 0.1) is 6.61 Å². The highest BCUT2D eigenvalue weighted by atomic mass is 16.5. The Bertz CT molecular complexity index is 430. The molecule has 0 aromatic heterocycles. The molecule has 2 rings (SSSR count). The van der Waals surface area contributed by atoms with Gasteiger partial charge in [0.15, 0.2) is 5.96 Å². The Labute approximate surface area is 158 Å². The van der Waals surface area contributed by atoms with Crippen molar-refractivity contribution in [2.24, 2.45) is 4.99 Å². The van der Waals surface area contributed by atoms with Gasteiger partial charge < -0.3 is 25.6 Å². The molecule has 1 aliphatic heterocycles. The van der Waals surface area contributed by atoms with E-state index >= 15 is 0 Å². The van der Waals surface area contributed by atoms with Gasteiger partial charge in [0.2, 0.25) is 5.91 Å². The monoisotopic (exact) mass is 367 g/mol. The largest absolute Gasteiger partial charge is 0.383 e. The summed E-state index contributed by atoms with van der Waals surface area (Å²) in [5.74, 6) is 0.664. The zero-order valence-corrected chi connectivity index (χ0v) is 16.6. The Kier molecular flexibility index (Phi) is 9.77. The van der Waals surface area contributed by atoms with E-state index in [1.54, 1.807) is 7.11 Å². The normalized spacial score (nSPS) is 20.8. The van der Waals surface area contributed by atoms with Crippen LogP contribution in [0.15, 0.2) is 4.99 Å². The van der Waals surface area contributed by atoms with Gasteiger partial charge in [0.1, 0.15) is 6.54 Å². The molecule has 0 radical (unpaired) electrons. The van der Waals surface area contributed by atoms with E-state index in [0.29, 0.717) is 19.2 Å². The number of carbonyl (C=O) groups excluding carboxylic acids is 1. The summed E-state index contributed by atoms with van der Waals surface area (Å²) in [7, 11) is 1.62. The van der Waals surface area contributed by atoms with E-state index < -0.39 is 0 Å². The molecule has 1 saturated heterocycles. The first-order chi connectivity index (χ1) is 12.7. The van der Waals surface area contributed by atoms with Crippen molar-refractivity contribution in [2.45, 2.75) is 64.0 Å². The maximum atomic E-state index is 11.8. The van der Waals surface area contributed by atoms with Crippen LogP contribution in [-0.4, -0.2) is 75.3 Å². The molecule has 150 valence electrons. The van der Waals surface area contributed by atoms with Crippen LogP contribution in [-0.2, 0) is 9.53 Å². The number of carbonyl (C=O) groups is 1. The number of methoxy groups -OCH3 is 1. The van der Waals surface area contributed by atoms with Crippen molar-refractivity contribution in [3.05, 3.63) is 0 Å². The fraction of sp³-hybridized carbons (Fsp3) is 0.895. The third kappa shape index (κ3) is 7.50. The molecule has 0 unspecified atom stereocenters. The van der Waals surface area contributed by atoms with Crippen LogP contribution >= 0.6 is 0 Å². The van der Waals surface area contributed by atoms with Gasteiger partial charge in [-0.3, -0.25) is 4.79 Å². The molecule has 0 atom stereocenters. The smallest absolute Gasteiger partial charge is 0.241 e. The van der Waals surface area contributed by atoms with Crippen LogP contribution in [0.2, 0.25) is 0 Å². The fourth-order valence-corrected chi connectivity index (χ4v) is 3.87. The average Bonchev–Trinajstić information content (AvgIpc) is 2.68. The molecule has 1 saturated carbocycles. The number of hydrogen-bond donors (Lipinski definition) is 3. The lowest BCUT2D eigenvalue weighted by Gasteiger charge is -2.39. The van der Waals surface area contributed by atoms with E-state index in [-0.39, 0.29) is 12.5 Å². The molecule has 7 heteroatoms. The van der Waals surface area contributed by atoms with Crippen molar-refractivity contribution in [2.75, 3.05) is 46.4 Å². The minimum absolute atomic E-state index is 0.0774. The summed E-state index contributed by atoms with van der Waals surface area (Å²) in [6.07, 6.45) is 9.23. The first-order valence-electron chi connectivity index (χ1n) is 10.3. The Balaban J connectivity index is 1.73. The van der Waals surface area contributed by atoms with Crippen molar-refractivity contribution >= 4 is 11.9 Å². The van der Waals surface area contributed by atoms with Crippen LogP contribution in [0.3, 0.4) is 0 Å². The van der Waals surface area contributed by atoms with Crippen LogP contribution in [0.25, 0.3) is 0 Å². The van der Waals surface area contributed by atoms with Crippen LogP contribution in [0.4, 0.5) is 0 Å². The number of nitrogens with one attached hydrogen (secondary N) is 3. The van der Waals surface area contributed by atoms with E-state index in [2.05, 4.69) is 25.8 Å². The molecule has 3 N–H and O–H groups in total. The molecule has 1 amide bonds. The SMILES string of the molecule is CCNC(=NCC(=O)NCCOC)NC1CCN(C2CCCCC2)CC1. The number of hydrogen-bond acceptors (Lipinski definition) is 4. The van der Waals surface area contributed by atoms with Gasteiger partial charge in [-0.05, 0) is 32.6 Å². The Hall–Kier alpha value is -1.34. The van der Waals surface area contributed by atoms with E-state index in [1.165, 1.54) is 45.2 Å². The molecule has 2 aliphatic rings. The predicted molar refractivity (Wildman–Crippen MR) is 105 cm³/mol. The third-order valence-electron chi connectivity index (χ3n) is 5.31. The maximum absolute atomic E-state index is 11.8. The first kappa shape index (κ1) is 21.0. The second kappa shape index (κ2) is 12.1. The topological polar surface area (TPSA) is 78.0 Å². The quantitative estimate of drug-likeness (QED) is 0.340. The summed E-state index contributed by atoms with van der Waals surface area (Å²) in [6, 6.07) is 1.24. The summed E-state index contributed by atoms with van der Waals surface area (Å²) >= 11 is 0. The predicted octanol–water partition coefficient (Wildman–Crippen LogP) is 1.10. The minimum atomic E-state index is -0.0774. The summed E-state index contributed by atoms with van der Waals surface area (Å²) < 4.78 is 4.93. The summed E-state index contributed by atoms with van der Waals surface area (Å²) in [4.78, 5) is 18.9. The lowest BCUT2D eigenvalue weighted by molar-refractivity contribution is -0.119. The number of piperidine rings is 1. The second-order valence-corrected chi connectivity index (χ2v) is 7.28. The van der Waals surface area contributed by atoms with Crippen molar-refractivity contribution in [1.82, 2.24) is 20.9 Å². The molecule has 0 spiro atoms. The van der Waals surface area contributed by atoms with Crippen LogP contribution < -0.4 is 16.0 Å².